The number of carbonyl (C=O) groups is 1. The maximum Gasteiger partial charge on any atom is 0.315 e. The van der Waals surface area contributed by atoms with Gasteiger partial charge in [-0.05, 0) is 42.5 Å². The zero-order valence-corrected chi connectivity index (χ0v) is 14.0. The fourth-order valence-corrected chi connectivity index (χ4v) is 3.00. The van der Waals surface area contributed by atoms with E-state index in [4.69, 9.17) is 0 Å². The Morgan fingerprint density at radius 1 is 0.792 bits per heavy atom. The number of amides is 2. The molecule has 3 rings (SSSR count). The average Bonchev–Trinajstić information content (AvgIpc) is 2.67. The first-order chi connectivity index (χ1) is 11.8. The molecule has 0 unspecified atom stereocenters. The Hall–Kier alpha value is -2.49. The van der Waals surface area contributed by atoms with Crippen molar-refractivity contribution in [3.8, 4) is 0 Å². The maximum atomic E-state index is 11.9. The predicted molar refractivity (Wildman–Crippen MR) is 98.0 cm³/mol. The fourth-order valence-electron chi connectivity index (χ4n) is 3.00. The SMILES string of the molecule is O=C(NCc1ccccc1)NCc1ccc(N2CCCCC2)cc1. The van der Waals surface area contributed by atoms with Gasteiger partial charge in [0.25, 0.3) is 0 Å². The third-order valence-electron chi connectivity index (χ3n) is 4.41. The summed E-state index contributed by atoms with van der Waals surface area (Å²) < 4.78 is 0. The molecule has 4 nitrogen and oxygen atoms in total. The molecule has 1 saturated heterocycles. The lowest BCUT2D eigenvalue weighted by Crippen LogP contribution is -2.34. The Morgan fingerprint density at radius 3 is 2.00 bits per heavy atom. The number of benzene rings is 2. The third-order valence-corrected chi connectivity index (χ3v) is 4.41. The lowest BCUT2D eigenvalue weighted by atomic mass is 10.1. The Morgan fingerprint density at radius 2 is 1.38 bits per heavy atom. The minimum Gasteiger partial charge on any atom is -0.372 e. The van der Waals surface area contributed by atoms with E-state index < -0.39 is 0 Å². The van der Waals surface area contributed by atoms with Crippen molar-refractivity contribution < 1.29 is 4.79 Å². The molecule has 2 aromatic rings. The van der Waals surface area contributed by atoms with Gasteiger partial charge in [0.2, 0.25) is 0 Å². The Kier molecular flexibility index (Phi) is 5.72. The largest absolute Gasteiger partial charge is 0.372 e. The molecule has 1 heterocycles. The average molecular weight is 323 g/mol. The minimum atomic E-state index is -0.140. The molecule has 0 aromatic heterocycles. The van der Waals surface area contributed by atoms with Crippen LogP contribution in [0, 0.1) is 0 Å². The topological polar surface area (TPSA) is 44.4 Å². The second-order valence-corrected chi connectivity index (χ2v) is 6.24. The highest BCUT2D eigenvalue weighted by Crippen LogP contribution is 2.20. The van der Waals surface area contributed by atoms with Crippen molar-refractivity contribution in [3.63, 3.8) is 0 Å². The molecule has 1 aliphatic heterocycles. The predicted octanol–water partition coefficient (Wildman–Crippen LogP) is 3.68. The van der Waals surface area contributed by atoms with E-state index in [-0.39, 0.29) is 6.03 Å². The zero-order chi connectivity index (χ0) is 16.6. The summed E-state index contributed by atoms with van der Waals surface area (Å²) in [7, 11) is 0. The maximum absolute atomic E-state index is 11.9. The number of rotatable bonds is 5. The van der Waals surface area contributed by atoms with Crippen LogP contribution in [0.15, 0.2) is 54.6 Å². The van der Waals surface area contributed by atoms with Gasteiger partial charge in [-0.15, -0.1) is 0 Å². The van der Waals surface area contributed by atoms with E-state index in [1.807, 2.05) is 30.3 Å². The molecular formula is C20H25N3O. The molecule has 0 radical (unpaired) electrons. The van der Waals surface area contributed by atoms with Gasteiger partial charge in [-0.3, -0.25) is 0 Å². The third kappa shape index (κ3) is 4.75. The normalized spacial score (nSPS) is 14.2. The second kappa shape index (κ2) is 8.39. The molecule has 0 saturated carbocycles. The van der Waals surface area contributed by atoms with Crippen LogP contribution in [0.2, 0.25) is 0 Å². The molecule has 0 spiro atoms. The van der Waals surface area contributed by atoms with Gasteiger partial charge in [-0.1, -0.05) is 42.5 Å². The van der Waals surface area contributed by atoms with Crippen LogP contribution in [0.5, 0.6) is 0 Å². The standard InChI is InChI=1S/C20H25N3O/c24-20(21-15-17-7-3-1-4-8-17)22-16-18-9-11-19(12-10-18)23-13-5-2-6-14-23/h1,3-4,7-12H,2,5-6,13-16H2,(H2,21,22,24). The number of hydrogen-bond donors (Lipinski definition) is 2. The highest BCUT2D eigenvalue weighted by molar-refractivity contribution is 5.73. The van der Waals surface area contributed by atoms with E-state index in [0.29, 0.717) is 13.1 Å². The van der Waals surface area contributed by atoms with Crippen LogP contribution in [-0.4, -0.2) is 19.1 Å². The first-order valence-corrected chi connectivity index (χ1v) is 8.71. The molecule has 2 amide bonds. The minimum absolute atomic E-state index is 0.140. The number of anilines is 1. The molecule has 0 aliphatic carbocycles. The summed E-state index contributed by atoms with van der Waals surface area (Å²) in [4.78, 5) is 14.3. The Balaban J connectivity index is 1.43. The van der Waals surface area contributed by atoms with Crippen LogP contribution in [0.3, 0.4) is 0 Å². The summed E-state index contributed by atoms with van der Waals surface area (Å²) in [6.07, 6.45) is 3.91. The van der Waals surface area contributed by atoms with Crippen LogP contribution in [0.4, 0.5) is 10.5 Å². The van der Waals surface area contributed by atoms with Gasteiger partial charge in [-0.2, -0.15) is 0 Å². The quantitative estimate of drug-likeness (QED) is 0.881. The van der Waals surface area contributed by atoms with E-state index in [0.717, 1.165) is 24.2 Å². The van der Waals surface area contributed by atoms with Gasteiger partial charge >= 0.3 is 6.03 Å². The molecule has 0 atom stereocenters. The number of carbonyl (C=O) groups excluding carboxylic acids is 1. The van der Waals surface area contributed by atoms with Crippen LogP contribution in [0.25, 0.3) is 0 Å². The van der Waals surface area contributed by atoms with Gasteiger partial charge in [0.1, 0.15) is 0 Å². The van der Waals surface area contributed by atoms with Gasteiger partial charge < -0.3 is 15.5 Å². The van der Waals surface area contributed by atoms with Crippen LogP contribution < -0.4 is 15.5 Å². The van der Waals surface area contributed by atoms with E-state index in [1.165, 1.54) is 24.9 Å². The molecule has 4 heteroatoms. The van der Waals surface area contributed by atoms with Crippen LogP contribution in [-0.2, 0) is 13.1 Å². The van der Waals surface area contributed by atoms with Gasteiger partial charge in [-0.25, -0.2) is 4.79 Å². The summed E-state index contributed by atoms with van der Waals surface area (Å²) in [5.74, 6) is 0. The van der Waals surface area contributed by atoms with Crippen molar-refractivity contribution in [2.75, 3.05) is 18.0 Å². The van der Waals surface area contributed by atoms with Crippen molar-refractivity contribution in [1.29, 1.82) is 0 Å². The first-order valence-electron chi connectivity index (χ1n) is 8.71. The Labute approximate surface area is 143 Å². The highest BCUT2D eigenvalue weighted by atomic mass is 16.2. The number of hydrogen-bond acceptors (Lipinski definition) is 2. The molecular weight excluding hydrogens is 298 g/mol. The van der Waals surface area contributed by atoms with E-state index in [9.17, 15) is 4.79 Å². The summed E-state index contributed by atoms with van der Waals surface area (Å²) >= 11 is 0. The van der Waals surface area contributed by atoms with Crippen molar-refractivity contribution in [2.45, 2.75) is 32.4 Å². The monoisotopic (exact) mass is 323 g/mol. The summed E-state index contributed by atoms with van der Waals surface area (Å²) in [5, 5.41) is 5.78. The molecule has 2 N–H and O–H groups in total. The smallest absolute Gasteiger partial charge is 0.315 e. The van der Waals surface area contributed by atoms with E-state index >= 15 is 0 Å². The van der Waals surface area contributed by atoms with Gasteiger partial charge in [0.05, 0.1) is 0 Å². The highest BCUT2D eigenvalue weighted by Gasteiger charge is 2.10. The van der Waals surface area contributed by atoms with Crippen molar-refractivity contribution in [3.05, 3.63) is 65.7 Å². The van der Waals surface area contributed by atoms with Crippen LogP contribution in [0.1, 0.15) is 30.4 Å². The van der Waals surface area contributed by atoms with Gasteiger partial charge in [0, 0.05) is 31.9 Å². The molecule has 2 aromatic carbocycles. The summed E-state index contributed by atoms with van der Waals surface area (Å²) in [5.41, 5.74) is 3.50. The molecule has 0 bridgehead atoms. The molecule has 1 aliphatic rings. The fraction of sp³-hybridized carbons (Fsp3) is 0.350. The zero-order valence-electron chi connectivity index (χ0n) is 14.0. The van der Waals surface area contributed by atoms with E-state index in [2.05, 4.69) is 39.8 Å². The molecule has 126 valence electrons. The Bertz CT molecular complexity index is 634. The lowest BCUT2D eigenvalue weighted by Gasteiger charge is -2.28. The number of nitrogens with zero attached hydrogens (tertiary/aromatic N) is 1. The van der Waals surface area contributed by atoms with Crippen LogP contribution >= 0.6 is 0 Å². The van der Waals surface area contributed by atoms with E-state index in [1.54, 1.807) is 0 Å². The van der Waals surface area contributed by atoms with Crippen molar-refractivity contribution in [2.24, 2.45) is 0 Å². The first kappa shape index (κ1) is 16.4. The summed E-state index contributed by atoms with van der Waals surface area (Å²) in [6.45, 7) is 3.39. The van der Waals surface area contributed by atoms with Crippen molar-refractivity contribution in [1.82, 2.24) is 10.6 Å². The number of piperidine rings is 1. The number of urea groups is 1. The molecule has 24 heavy (non-hydrogen) atoms. The van der Waals surface area contributed by atoms with Crippen molar-refractivity contribution >= 4 is 11.7 Å². The van der Waals surface area contributed by atoms with Gasteiger partial charge in [0.15, 0.2) is 0 Å². The number of nitrogens with one attached hydrogen (secondary N) is 2. The molecule has 1 fully saturated rings. The summed E-state index contributed by atoms with van der Waals surface area (Å²) in [6, 6.07) is 18.3. The lowest BCUT2D eigenvalue weighted by molar-refractivity contribution is 0.240. The second-order valence-electron chi connectivity index (χ2n) is 6.24.